The van der Waals surface area contributed by atoms with Crippen LogP contribution in [-0.4, -0.2) is 52.3 Å². The van der Waals surface area contributed by atoms with Crippen molar-refractivity contribution in [2.75, 3.05) is 24.6 Å². The smallest absolute Gasteiger partial charge is 0.297 e. The van der Waals surface area contributed by atoms with Crippen molar-refractivity contribution in [3.8, 4) is 11.4 Å². The van der Waals surface area contributed by atoms with Gasteiger partial charge in [-0.3, -0.25) is 9.47 Å². The van der Waals surface area contributed by atoms with E-state index < -0.39 is 9.84 Å². The third-order valence-electron chi connectivity index (χ3n) is 4.18. The summed E-state index contributed by atoms with van der Waals surface area (Å²) in [7, 11) is 0.489. The molecule has 8 heteroatoms. The standard InChI is InChI=1S/C15H20N4O3S/c1-17-14(16-18(2)15(17)20)13-5-3-12(4-6-13)11-19-7-9-23(21,22)10-8-19/h3-6H,7-11H2,1-2H3. The molecule has 1 aliphatic heterocycles. The number of aromatic nitrogens is 3. The van der Waals surface area contributed by atoms with Gasteiger partial charge < -0.3 is 0 Å². The summed E-state index contributed by atoms with van der Waals surface area (Å²) in [6.45, 7) is 1.90. The number of rotatable bonds is 3. The summed E-state index contributed by atoms with van der Waals surface area (Å²) in [6.07, 6.45) is 0. The van der Waals surface area contributed by atoms with Crippen molar-refractivity contribution >= 4 is 9.84 Å². The fourth-order valence-electron chi connectivity index (χ4n) is 2.74. The second-order valence-corrected chi connectivity index (χ2v) is 8.22. The van der Waals surface area contributed by atoms with Crippen LogP contribution in [0.4, 0.5) is 0 Å². The molecule has 0 spiro atoms. The van der Waals surface area contributed by atoms with Gasteiger partial charge >= 0.3 is 5.69 Å². The highest BCUT2D eigenvalue weighted by molar-refractivity contribution is 7.91. The normalized spacial score (nSPS) is 18.2. The molecule has 1 saturated heterocycles. The molecule has 3 rings (SSSR count). The Hall–Kier alpha value is -1.93. The summed E-state index contributed by atoms with van der Waals surface area (Å²) < 4.78 is 25.7. The zero-order valence-corrected chi connectivity index (χ0v) is 14.1. The van der Waals surface area contributed by atoms with Crippen LogP contribution in [0.2, 0.25) is 0 Å². The van der Waals surface area contributed by atoms with Crippen LogP contribution in [-0.2, 0) is 30.5 Å². The molecule has 23 heavy (non-hydrogen) atoms. The summed E-state index contributed by atoms with van der Waals surface area (Å²) >= 11 is 0. The lowest BCUT2D eigenvalue weighted by Crippen LogP contribution is -2.39. The van der Waals surface area contributed by atoms with Crippen LogP contribution in [0.3, 0.4) is 0 Å². The Morgan fingerprint density at radius 1 is 1.09 bits per heavy atom. The quantitative estimate of drug-likeness (QED) is 0.789. The van der Waals surface area contributed by atoms with E-state index in [2.05, 4.69) is 10.00 Å². The van der Waals surface area contributed by atoms with E-state index in [1.807, 2.05) is 24.3 Å². The molecule has 1 aliphatic rings. The van der Waals surface area contributed by atoms with Crippen molar-refractivity contribution in [3.63, 3.8) is 0 Å². The predicted molar refractivity (Wildman–Crippen MR) is 87.8 cm³/mol. The number of hydrogen-bond donors (Lipinski definition) is 0. The maximum atomic E-state index is 11.8. The van der Waals surface area contributed by atoms with Gasteiger partial charge in [-0.15, -0.1) is 5.10 Å². The molecule has 0 N–H and O–H groups in total. The van der Waals surface area contributed by atoms with Crippen LogP contribution in [0.25, 0.3) is 11.4 Å². The second kappa shape index (κ2) is 5.93. The maximum absolute atomic E-state index is 11.8. The molecule has 0 bridgehead atoms. The molecule has 7 nitrogen and oxygen atoms in total. The van der Waals surface area contributed by atoms with E-state index in [1.165, 1.54) is 9.25 Å². The minimum absolute atomic E-state index is 0.154. The largest absolute Gasteiger partial charge is 0.345 e. The Labute approximate surface area is 135 Å². The van der Waals surface area contributed by atoms with Gasteiger partial charge in [0.15, 0.2) is 15.7 Å². The summed E-state index contributed by atoms with van der Waals surface area (Å²) in [5.74, 6) is 1.11. The number of nitrogens with zero attached hydrogens (tertiary/aromatic N) is 4. The third-order valence-corrected chi connectivity index (χ3v) is 5.79. The summed E-state index contributed by atoms with van der Waals surface area (Å²) in [6, 6.07) is 7.88. The summed E-state index contributed by atoms with van der Waals surface area (Å²) in [5.41, 5.74) is 1.85. The second-order valence-electron chi connectivity index (χ2n) is 5.91. The van der Waals surface area contributed by atoms with E-state index in [9.17, 15) is 13.2 Å². The first-order valence-corrected chi connectivity index (χ1v) is 9.30. The lowest BCUT2D eigenvalue weighted by molar-refractivity contribution is 0.287. The predicted octanol–water partition coefficient (Wildman–Crippen LogP) is 0.0162. The first-order valence-electron chi connectivity index (χ1n) is 7.48. The van der Waals surface area contributed by atoms with Gasteiger partial charge in [-0.25, -0.2) is 17.9 Å². The molecule has 1 aromatic carbocycles. The van der Waals surface area contributed by atoms with Crippen molar-refractivity contribution < 1.29 is 8.42 Å². The molecule has 0 amide bonds. The SMILES string of the molecule is Cn1nc(-c2ccc(CN3CCS(=O)(=O)CC3)cc2)n(C)c1=O. The van der Waals surface area contributed by atoms with Gasteiger partial charge in [0.1, 0.15) is 0 Å². The maximum Gasteiger partial charge on any atom is 0.345 e. The fraction of sp³-hybridized carbons (Fsp3) is 0.467. The molecule has 124 valence electrons. The minimum Gasteiger partial charge on any atom is -0.297 e. The highest BCUT2D eigenvalue weighted by atomic mass is 32.2. The molecule has 0 aliphatic carbocycles. The van der Waals surface area contributed by atoms with Gasteiger partial charge in [-0.05, 0) is 5.56 Å². The van der Waals surface area contributed by atoms with Crippen LogP contribution >= 0.6 is 0 Å². The molecule has 1 fully saturated rings. The molecule has 0 radical (unpaired) electrons. The molecule has 0 atom stereocenters. The van der Waals surface area contributed by atoms with E-state index in [0.717, 1.165) is 17.7 Å². The van der Waals surface area contributed by atoms with Gasteiger partial charge in [0.2, 0.25) is 0 Å². The van der Waals surface area contributed by atoms with E-state index in [1.54, 1.807) is 14.1 Å². The number of benzene rings is 1. The lowest BCUT2D eigenvalue weighted by Gasteiger charge is -2.26. The van der Waals surface area contributed by atoms with Crippen LogP contribution in [0.15, 0.2) is 29.1 Å². The lowest BCUT2D eigenvalue weighted by atomic mass is 10.1. The van der Waals surface area contributed by atoms with Gasteiger partial charge in [0, 0.05) is 39.3 Å². The topological polar surface area (TPSA) is 77.2 Å². The molecule has 0 saturated carbocycles. The van der Waals surface area contributed by atoms with Crippen molar-refractivity contribution in [1.29, 1.82) is 0 Å². The molecule has 2 aromatic rings. The van der Waals surface area contributed by atoms with Crippen LogP contribution in [0.1, 0.15) is 5.56 Å². The number of sulfone groups is 1. The van der Waals surface area contributed by atoms with Crippen molar-refractivity contribution in [3.05, 3.63) is 40.3 Å². The molecule has 1 aromatic heterocycles. The van der Waals surface area contributed by atoms with Crippen LogP contribution in [0.5, 0.6) is 0 Å². The Kier molecular flexibility index (Phi) is 4.11. The average Bonchev–Trinajstić information content (AvgIpc) is 2.78. The fourth-order valence-corrected chi connectivity index (χ4v) is 4.01. The van der Waals surface area contributed by atoms with E-state index in [-0.39, 0.29) is 17.2 Å². The van der Waals surface area contributed by atoms with Gasteiger partial charge in [0.25, 0.3) is 0 Å². The van der Waals surface area contributed by atoms with Crippen LogP contribution in [0, 0.1) is 0 Å². The molecular formula is C15H20N4O3S. The van der Waals surface area contributed by atoms with Gasteiger partial charge in [-0.2, -0.15) is 0 Å². The van der Waals surface area contributed by atoms with Crippen molar-refractivity contribution in [1.82, 2.24) is 19.2 Å². The first kappa shape index (κ1) is 15.9. The Morgan fingerprint density at radius 2 is 1.70 bits per heavy atom. The van der Waals surface area contributed by atoms with E-state index in [4.69, 9.17) is 0 Å². The minimum atomic E-state index is -2.84. The number of aryl methyl sites for hydroxylation is 1. The van der Waals surface area contributed by atoms with Gasteiger partial charge in [-0.1, -0.05) is 24.3 Å². The third kappa shape index (κ3) is 3.37. The number of hydrogen-bond acceptors (Lipinski definition) is 5. The van der Waals surface area contributed by atoms with E-state index >= 15 is 0 Å². The summed E-state index contributed by atoms with van der Waals surface area (Å²) in [4.78, 5) is 13.9. The molecular weight excluding hydrogens is 316 g/mol. The van der Waals surface area contributed by atoms with Crippen LogP contribution < -0.4 is 5.69 Å². The van der Waals surface area contributed by atoms with Gasteiger partial charge in [0.05, 0.1) is 11.5 Å². The Bertz CT molecular complexity index is 851. The highest BCUT2D eigenvalue weighted by Gasteiger charge is 2.21. The summed E-state index contributed by atoms with van der Waals surface area (Å²) in [5, 5.41) is 4.23. The van der Waals surface area contributed by atoms with Crippen molar-refractivity contribution in [2.45, 2.75) is 6.54 Å². The van der Waals surface area contributed by atoms with Crippen molar-refractivity contribution in [2.24, 2.45) is 14.1 Å². The Balaban J connectivity index is 1.72. The zero-order valence-electron chi connectivity index (χ0n) is 13.3. The zero-order chi connectivity index (χ0) is 16.6. The average molecular weight is 336 g/mol. The Morgan fingerprint density at radius 3 is 2.22 bits per heavy atom. The molecule has 0 unspecified atom stereocenters. The van der Waals surface area contributed by atoms with E-state index in [0.29, 0.717) is 18.9 Å². The monoisotopic (exact) mass is 336 g/mol. The molecule has 2 heterocycles. The first-order chi connectivity index (χ1) is 10.9. The highest BCUT2D eigenvalue weighted by Crippen LogP contribution is 2.17.